The van der Waals surface area contributed by atoms with Gasteiger partial charge in [-0.15, -0.1) is 0 Å². The van der Waals surface area contributed by atoms with Crippen molar-refractivity contribution >= 4 is 34.7 Å². The monoisotopic (exact) mass is 467 g/mol. The van der Waals surface area contributed by atoms with Crippen LogP contribution in [0.5, 0.6) is 0 Å². The summed E-state index contributed by atoms with van der Waals surface area (Å²) in [7, 11) is 0. The number of aromatic amines is 1. The summed E-state index contributed by atoms with van der Waals surface area (Å²) in [6.45, 7) is 2.80. The van der Waals surface area contributed by atoms with Crippen LogP contribution < -0.4 is 10.9 Å². The van der Waals surface area contributed by atoms with E-state index in [-0.39, 0.29) is 35.1 Å². The number of anilines is 1. The second-order valence-electron chi connectivity index (χ2n) is 7.35. The van der Waals surface area contributed by atoms with Gasteiger partial charge in [0.15, 0.2) is 5.65 Å². The molecule has 2 amide bonds. The molecule has 0 spiro atoms. The van der Waals surface area contributed by atoms with Crippen LogP contribution in [0.3, 0.4) is 0 Å². The molecule has 12 heteroatoms. The molecule has 1 aliphatic rings. The van der Waals surface area contributed by atoms with Crippen molar-refractivity contribution in [2.45, 2.75) is 25.4 Å². The lowest BCUT2D eigenvalue weighted by Gasteiger charge is -2.13. The minimum atomic E-state index is -4.69. The summed E-state index contributed by atoms with van der Waals surface area (Å²) in [6.07, 6.45) is -3.25. The number of alkyl halides is 3. The molecule has 168 valence electrons. The van der Waals surface area contributed by atoms with E-state index in [0.717, 1.165) is 16.6 Å². The number of H-pyrrole nitrogens is 1. The van der Waals surface area contributed by atoms with Crippen LogP contribution >= 0.6 is 11.6 Å². The van der Waals surface area contributed by atoms with E-state index in [9.17, 15) is 27.6 Å². The predicted octanol–water partition coefficient (Wildman–Crippen LogP) is 3.28. The summed E-state index contributed by atoms with van der Waals surface area (Å²) in [5, 5.41) is 4.50. The number of hydrogen-bond acceptors (Lipinski definition) is 4. The van der Waals surface area contributed by atoms with Crippen LogP contribution in [0.1, 0.15) is 40.9 Å². The SMILES string of the molecule is CCN1C[C@H](c2cc(=O)n3[nH]cc(C(=O)Nc4ccc(Cl)c(C(F)(F)F)c4)c3n2)CC1=O. The van der Waals surface area contributed by atoms with Crippen LogP contribution in [0.2, 0.25) is 5.02 Å². The highest BCUT2D eigenvalue weighted by Gasteiger charge is 2.34. The van der Waals surface area contributed by atoms with Crippen LogP contribution in [-0.4, -0.2) is 44.4 Å². The molecular formula is C20H17ClF3N5O3. The van der Waals surface area contributed by atoms with Crippen LogP contribution in [0.25, 0.3) is 5.65 Å². The van der Waals surface area contributed by atoms with Gasteiger partial charge in [0.25, 0.3) is 11.5 Å². The average Bonchev–Trinajstić information content (AvgIpc) is 3.32. The highest BCUT2D eigenvalue weighted by atomic mass is 35.5. The lowest BCUT2D eigenvalue weighted by molar-refractivity contribution is -0.137. The molecule has 0 unspecified atom stereocenters. The maximum absolute atomic E-state index is 13.1. The third-order valence-electron chi connectivity index (χ3n) is 5.31. The van der Waals surface area contributed by atoms with Gasteiger partial charge in [-0.25, -0.2) is 9.50 Å². The second-order valence-corrected chi connectivity index (χ2v) is 7.75. The minimum absolute atomic E-state index is 0.0115. The standard InChI is InChI=1S/C20H17ClF3N5O3/c1-2-28-9-10(5-16(28)30)15-7-17(31)29-18(27-15)12(8-25-29)19(32)26-11-3-4-14(21)13(6-11)20(22,23)24/h3-4,6-8,10,25H,2,5,9H2,1H3,(H,26,32)/t10-/m1/s1. The van der Waals surface area contributed by atoms with Gasteiger partial charge in [-0.3, -0.25) is 19.5 Å². The molecule has 3 heterocycles. The third-order valence-corrected chi connectivity index (χ3v) is 5.64. The van der Waals surface area contributed by atoms with E-state index >= 15 is 0 Å². The summed E-state index contributed by atoms with van der Waals surface area (Å²) >= 11 is 5.61. The number of likely N-dealkylation sites (N-methyl/N-ethyl adjacent to an activating group) is 1. The van der Waals surface area contributed by atoms with Gasteiger partial charge in [0.1, 0.15) is 5.56 Å². The van der Waals surface area contributed by atoms with Crippen LogP contribution in [0, 0.1) is 0 Å². The molecular weight excluding hydrogens is 451 g/mol. The Kier molecular flexibility index (Phi) is 5.45. The van der Waals surface area contributed by atoms with Crippen molar-refractivity contribution in [1.29, 1.82) is 0 Å². The molecule has 3 aromatic rings. The van der Waals surface area contributed by atoms with Gasteiger partial charge in [-0.1, -0.05) is 11.6 Å². The van der Waals surface area contributed by atoms with Gasteiger partial charge in [0.2, 0.25) is 5.91 Å². The van der Waals surface area contributed by atoms with E-state index in [4.69, 9.17) is 11.6 Å². The zero-order valence-electron chi connectivity index (χ0n) is 16.7. The Morgan fingerprint density at radius 2 is 2.06 bits per heavy atom. The maximum atomic E-state index is 13.1. The second kappa shape index (κ2) is 7.97. The largest absolute Gasteiger partial charge is 0.417 e. The molecule has 0 bridgehead atoms. The molecule has 8 nitrogen and oxygen atoms in total. The van der Waals surface area contributed by atoms with E-state index in [0.29, 0.717) is 18.8 Å². The molecule has 2 aromatic heterocycles. The quantitative estimate of drug-likeness (QED) is 0.615. The molecule has 1 fully saturated rings. The summed E-state index contributed by atoms with van der Waals surface area (Å²) < 4.78 is 40.3. The minimum Gasteiger partial charge on any atom is -0.342 e. The fourth-order valence-electron chi connectivity index (χ4n) is 3.67. The number of fused-ring (bicyclic) bond motifs is 1. The van der Waals surface area contributed by atoms with Gasteiger partial charge in [0.05, 0.1) is 16.3 Å². The van der Waals surface area contributed by atoms with Crippen molar-refractivity contribution in [3.63, 3.8) is 0 Å². The third kappa shape index (κ3) is 3.95. The van der Waals surface area contributed by atoms with Crippen molar-refractivity contribution < 1.29 is 22.8 Å². The van der Waals surface area contributed by atoms with Crippen molar-refractivity contribution in [3.8, 4) is 0 Å². The number of halogens is 4. The first-order chi connectivity index (χ1) is 15.1. The molecule has 32 heavy (non-hydrogen) atoms. The number of amides is 2. The van der Waals surface area contributed by atoms with E-state index in [1.54, 1.807) is 4.90 Å². The van der Waals surface area contributed by atoms with Gasteiger partial charge < -0.3 is 10.2 Å². The van der Waals surface area contributed by atoms with Gasteiger partial charge >= 0.3 is 6.18 Å². The van der Waals surface area contributed by atoms with E-state index in [1.165, 1.54) is 18.3 Å². The lowest BCUT2D eigenvalue weighted by atomic mass is 10.0. The Balaban J connectivity index is 1.67. The number of carbonyl (C=O) groups is 2. The Labute approximate surface area is 184 Å². The number of likely N-dealkylation sites (tertiary alicyclic amines) is 1. The number of nitrogens with one attached hydrogen (secondary N) is 2. The Morgan fingerprint density at radius 3 is 2.72 bits per heavy atom. The highest BCUT2D eigenvalue weighted by molar-refractivity contribution is 6.31. The summed E-state index contributed by atoms with van der Waals surface area (Å²) in [6, 6.07) is 4.30. The first-order valence-electron chi connectivity index (χ1n) is 9.65. The van der Waals surface area contributed by atoms with Crippen LogP contribution in [0.4, 0.5) is 18.9 Å². The number of nitrogens with zero attached hydrogens (tertiary/aromatic N) is 3. The van der Waals surface area contributed by atoms with Crippen molar-refractivity contribution in [2.24, 2.45) is 0 Å². The molecule has 1 aromatic carbocycles. The van der Waals surface area contributed by atoms with Crippen LogP contribution in [0.15, 0.2) is 35.3 Å². The molecule has 2 N–H and O–H groups in total. The first kappa shape index (κ1) is 21.9. The Bertz CT molecular complexity index is 1280. The molecule has 1 saturated heterocycles. The van der Waals surface area contributed by atoms with E-state index in [2.05, 4.69) is 15.4 Å². The normalized spacial score (nSPS) is 16.7. The van der Waals surface area contributed by atoms with E-state index in [1.807, 2.05) is 6.92 Å². The van der Waals surface area contributed by atoms with Gasteiger partial charge in [0, 0.05) is 43.4 Å². The lowest BCUT2D eigenvalue weighted by Crippen LogP contribution is -2.24. The average molecular weight is 468 g/mol. The molecule has 0 radical (unpaired) electrons. The molecule has 4 rings (SSSR count). The fraction of sp³-hybridized carbons (Fsp3) is 0.300. The van der Waals surface area contributed by atoms with Gasteiger partial charge in [-0.2, -0.15) is 13.2 Å². The molecule has 1 atom stereocenters. The molecule has 0 saturated carbocycles. The van der Waals surface area contributed by atoms with Crippen molar-refractivity contribution in [3.05, 3.63) is 62.7 Å². The number of carbonyl (C=O) groups excluding carboxylic acids is 2. The van der Waals surface area contributed by atoms with Crippen LogP contribution in [-0.2, 0) is 11.0 Å². The number of aromatic nitrogens is 3. The topological polar surface area (TPSA) is 99.6 Å². The summed E-state index contributed by atoms with van der Waals surface area (Å²) in [5.74, 6) is -1.10. The summed E-state index contributed by atoms with van der Waals surface area (Å²) in [5.41, 5.74) is -1.33. The van der Waals surface area contributed by atoms with Crippen molar-refractivity contribution in [1.82, 2.24) is 19.5 Å². The Hall–Kier alpha value is -3.34. The smallest absolute Gasteiger partial charge is 0.342 e. The zero-order valence-corrected chi connectivity index (χ0v) is 17.4. The summed E-state index contributed by atoms with van der Waals surface area (Å²) in [4.78, 5) is 43.4. The Morgan fingerprint density at radius 1 is 1.31 bits per heavy atom. The van der Waals surface area contributed by atoms with E-state index < -0.39 is 28.2 Å². The van der Waals surface area contributed by atoms with Crippen molar-refractivity contribution in [2.75, 3.05) is 18.4 Å². The maximum Gasteiger partial charge on any atom is 0.417 e. The number of rotatable bonds is 4. The first-order valence-corrected chi connectivity index (χ1v) is 10.0. The fourth-order valence-corrected chi connectivity index (χ4v) is 3.89. The number of hydrogen-bond donors (Lipinski definition) is 2. The van der Waals surface area contributed by atoms with Gasteiger partial charge in [-0.05, 0) is 25.1 Å². The predicted molar refractivity (Wildman–Crippen MR) is 110 cm³/mol. The zero-order chi connectivity index (χ0) is 23.2. The number of benzene rings is 1. The molecule has 1 aliphatic heterocycles. The highest BCUT2D eigenvalue weighted by Crippen LogP contribution is 2.36. The molecule has 0 aliphatic carbocycles.